The number of amides is 1. The van der Waals surface area contributed by atoms with E-state index in [-0.39, 0.29) is 5.91 Å². The number of carbonyl (C=O) groups excluding carboxylic acids is 1. The number of carbonyl (C=O) groups is 1. The summed E-state index contributed by atoms with van der Waals surface area (Å²) in [6.07, 6.45) is 6.36. The van der Waals surface area contributed by atoms with Gasteiger partial charge in [-0.1, -0.05) is 35.1 Å². The van der Waals surface area contributed by atoms with Crippen LogP contribution in [-0.2, 0) is 11.3 Å². The second kappa shape index (κ2) is 9.45. The molecule has 0 saturated heterocycles. The highest BCUT2D eigenvalue weighted by atomic mass is 32.2. The van der Waals surface area contributed by atoms with Gasteiger partial charge in [-0.05, 0) is 50.1 Å². The quantitative estimate of drug-likeness (QED) is 0.351. The number of hydrogen-bond donors (Lipinski definition) is 0. The van der Waals surface area contributed by atoms with E-state index in [1.165, 1.54) is 11.1 Å². The monoisotopic (exact) mass is 436 g/mol. The molecule has 5 nitrogen and oxygen atoms in total. The molecule has 2 aromatic carbocycles. The summed E-state index contributed by atoms with van der Waals surface area (Å²) < 4.78 is 3.15. The predicted molar refractivity (Wildman–Crippen MR) is 125 cm³/mol. The molecule has 1 amide bonds. The fraction of sp³-hybridized carbons (Fsp3) is 0.261. The van der Waals surface area contributed by atoms with Crippen LogP contribution in [0.3, 0.4) is 0 Å². The van der Waals surface area contributed by atoms with Crippen molar-refractivity contribution in [3.8, 4) is 0 Å². The van der Waals surface area contributed by atoms with E-state index in [1.807, 2.05) is 21.7 Å². The number of benzene rings is 2. The Balaban J connectivity index is 1.50. The summed E-state index contributed by atoms with van der Waals surface area (Å²) in [5.41, 5.74) is 3.36. The lowest BCUT2D eigenvalue weighted by Crippen LogP contribution is -2.33. The third-order valence-electron chi connectivity index (χ3n) is 4.81. The summed E-state index contributed by atoms with van der Waals surface area (Å²) >= 11 is 3.16. The Morgan fingerprint density at radius 3 is 2.70 bits per heavy atom. The van der Waals surface area contributed by atoms with Crippen molar-refractivity contribution >= 4 is 44.4 Å². The summed E-state index contributed by atoms with van der Waals surface area (Å²) in [5.74, 6) is 0.477. The third-order valence-corrected chi connectivity index (χ3v) is 6.84. The highest BCUT2D eigenvalue weighted by Gasteiger charge is 2.20. The van der Waals surface area contributed by atoms with E-state index in [2.05, 4.69) is 55.2 Å². The molecule has 0 saturated carbocycles. The van der Waals surface area contributed by atoms with E-state index >= 15 is 0 Å². The van der Waals surface area contributed by atoms with Crippen LogP contribution in [0.5, 0.6) is 0 Å². The lowest BCUT2D eigenvalue weighted by Gasteiger charge is -2.20. The molecule has 2 heterocycles. The highest BCUT2D eigenvalue weighted by Crippen LogP contribution is 2.30. The molecule has 0 unspecified atom stereocenters. The van der Waals surface area contributed by atoms with Crippen LogP contribution in [0.2, 0.25) is 0 Å². The molecule has 154 valence electrons. The van der Waals surface area contributed by atoms with E-state index in [0.717, 1.165) is 33.2 Å². The minimum absolute atomic E-state index is 0.0852. The van der Waals surface area contributed by atoms with Gasteiger partial charge in [0.05, 0.1) is 22.3 Å². The number of imidazole rings is 1. The van der Waals surface area contributed by atoms with Gasteiger partial charge in [-0.3, -0.25) is 9.69 Å². The average Bonchev–Trinajstić information content (AvgIpc) is 3.40. The number of fused-ring (bicyclic) bond motifs is 1. The first-order valence-electron chi connectivity index (χ1n) is 9.91. The zero-order chi connectivity index (χ0) is 20.9. The van der Waals surface area contributed by atoms with Gasteiger partial charge in [-0.25, -0.2) is 9.97 Å². The van der Waals surface area contributed by atoms with E-state index in [1.54, 1.807) is 35.6 Å². The maximum Gasteiger partial charge on any atom is 0.239 e. The van der Waals surface area contributed by atoms with Gasteiger partial charge in [0.2, 0.25) is 5.91 Å². The van der Waals surface area contributed by atoms with E-state index in [9.17, 15) is 4.79 Å². The second-order valence-electron chi connectivity index (χ2n) is 7.27. The van der Waals surface area contributed by atoms with Gasteiger partial charge in [0.15, 0.2) is 5.13 Å². The standard InChI is InChI=1S/C23H24N4OS2/c1-17-4-7-19(8-5-17)29-15-22(28)27(12-3-11-26-13-10-24-16-26)23-25-20-9-6-18(2)14-21(20)30-23/h4-10,13-14,16H,3,11-12,15H2,1-2H3. The average molecular weight is 437 g/mol. The molecule has 2 aromatic heterocycles. The van der Waals surface area contributed by atoms with Crippen molar-refractivity contribution in [2.45, 2.75) is 31.7 Å². The number of aryl methyl sites for hydroxylation is 3. The molecule has 0 radical (unpaired) electrons. The first kappa shape index (κ1) is 20.6. The summed E-state index contributed by atoms with van der Waals surface area (Å²) in [6.45, 7) is 5.59. The summed E-state index contributed by atoms with van der Waals surface area (Å²) in [7, 11) is 0. The number of anilines is 1. The van der Waals surface area contributed by atoms with E-state index < -0.39 is 0 Å². The van der Waals surface area contributed by atoms with Crippen molar-refractivity contribution in [1.82, 2.24) is 14.5 Å². The Kier molecular flexibility index (Phi) is 6.50. The molecule has 30 heavy (non-hydrogen) atoms. The third kappa shape index (κ3) is 5.09. The topological polar surface area (TPSA) is 51.0 Å². The minimum Gasteiger partial charge on any atom is -0.337 e. The number of thioether (sulfide) groups is 1. The normalized spacial score (nSPS) is 11.1. The van der Waals surface area contributed by atoms with Gasteiger partial charge in [0, 0.05) is 30.4 Å². The van der Waals surface area contributed by atoms with E-state index in [0.29, 0.717) is 12.3 Å². The van der Waals surface area contributed by atoms with Gasteiger partial charge < -0.3 is 4.57 Å². The first-order chi connectivity index (χ1) is 14.6. The lowest BCUT2D eigenvalue weighted by atomic mass is 10.2. The number of rotatable bonds is 8. The van der Waals surface area contributed by atoms with Crippen molar-refractivity contribution in [3.05, 3.63) is 72.3 Å². The molecule has 4 rings (SSSR count). The number of thiazole rings is 1. The van der Waals surface area contributed by atoms with Crippen LogP contribution >= 0.6 is 23.1 Å². The van der Waals surface area contributed by atoms with Crippen LogP contribution in [0.1, 0.15) is 17.5 Å². The summed E-state index contributed by atoms with van der Waals surface area (Å²) in [5, 5.41) is 0.774. The van der Waals surface area contributed by atoms with Crippen LogP contribution in [0.4, 0.5) is 5.13 Å². The summed E-state index contributed by atoms with van der Waals surface area (Å²) in [6, 6.07) is 14.5. The van der Waals surface area contributed by atoms with E-state index in [4.69, 9.17) is 4.98 Å². The van der Waals surface area contributed by atoms with Gasteiger partial charge >= 0.3 is 0 Å². The maximum absolute atomic E-state index is 13.2. The molecular formula is C23H24N4OS2. The van der Waals surface area contributed by atoms with Crippen molar-refractivity contribution < 1.29 is 4.79 Å². The predicted octanol–water partition coefficient (Wildman–Crippen LogP) is 5.33. The maximum atomic E-state index is 13.2. The second-order valence-corrected chi connectivity index (χ2v) is 9.33. The highest BCUT2D eigenvalue weighted by molar-refractivity contribution is 8.00. The number of hydrogen-bond acceptors (Lipinski definition) is 5. The van der Waals surface area contributed by atoms with Crippen LogP contribution < -0.4 is 4.90 Å². The van der Waals surface area contributed by atoms with Crippen LogP contribution in [-0.4, -0.2) is 32.7 Å². The molecule has 0 bridgehead atoms. The molecule has 7 heteroatoms. The zero-order valence-electron chi connectivity index (χ0n) is 17.1. The molecule has 0 N–H and O–H groups in total. The van der Waals surface area contributed by atoms with Crippen LogP contribution in [0.25, 0.3) is 10.2 Å². The molecular weight excluding hydrogens is 412 g/mol. The van der Waals surface area contributed by atoms with Gasteiger partial charge in [-0.2, -0.15) is 0 Å². The van der Waals surface area contributed by atoms with Crippen LogP contribution in [0, 0.1) is 13.8 Å². The fourth-order valence-corrected chi connectivity index (χ4v) is 5.03. The first-order valence-corrected chi connectivity index (χ1v) is 11.7. The SMILES string of the molecule is Cc1ccc(SCC(=O)N(CCCn2ccnc2)c2nc3ccc(C)cc3s2)cc1. The molecule has 0 fully saturated rings. The lowest BCUT2D eigenvalue weighted by molar-refractivity contribution is -0.116. The van der Waals surface area contributed by atoms with Gasteiger partial charge in [0.25, 0.3) is 0 Å². The van der Waals surface area contributed by atoms with Crippen molar-refractivity contribution in [1.29, 1.82) is 0 Å². The Hall–Kier alpha value is -2.64. The fourth-order valence-electron chi connectivity index (χ4n) is 3.15. The van der Waals surface area contributed by atoms with Crippen LogP contribution in [0.15, 0.2) is 66.1 Å². The Labute approximate surface area is 184 Å². The Morgan fingerprint density at radius 2 is 1.93 bits per heavy atom. The smallest absolute Gasteiger partial charge is 0.239 e. The molecule has 0 atom stereocenters. The molecule has 0 aliphatic rings. The molecule has 0 aliphatic carbocycles. The van der Waals surface area contributed by atoms with Crippen molar-refractivity contribution in [3.63, 3.8) is 0 Å². The molecule has 0 aliphatic heterocycles. The minimum atomic E-state index is 0.0852. The van der Waals surface area contributed by atoms with Gasteiger partial charge in [0.1, 0.15) is 0 Å². The summed E-state index contributed by atoms with van der Waals surface area (Å²) in [4.78, 5) is 25.0. The molecule has 0 spiro atoms. The van der Waals surface area contributed by atoms with Gasteiger partial charge in [-0.15, -0.1) is 11.8 Å². The zero-order valence-corrected chi connectivity index (χ0v) is 18.7. The van der Waals surface area contributed by atoms with Crippen molar-refractivity contribution in [2.75, 3.05) is 17.2 Å². The Bertz CT molecular complexity index is 1120. The molecule has 4 aromatic rings. The number of nitrogens with zero attached hydrogens (tertiary/aromatic N) is 4. The largest absolute Gasteiger partial charge is 0.337 e. The van der Waals surface area contributed by atoms with Crippen molar-refractivity contribution in [2.24, 2.45) is 0 Å². The Morgan fingerprint density at radius 1 is 1.13 bits per heavy atom. The number of aromatic nitrogens is 3.